The summed E-state index contributed by atoms with van der Waals surface area (Å²) in [5, 5.41) is 10.9. The molecule has 2 aromatic rings. The average molecular weight is 226 g/mol. The van der Waals surface area contributed by atoms with Gasteiger partial charge in [-0.25, -0.2) is 0 Å². The minimum absolute atomic E-state index is 0.0271. The fourth-order valence-corrected chi connectivity index (χ4v) is 2.77. The van der Waals surface area contributed by atoms with E-state index in [9.17, 15) is 4.79 Å². The van der Waals surface area contributed by atoms with Crippen LogP contribution in [0.5, 0.6) is 0 Å². The zero-order valence-electron chi connectivity index (χ0n) is 9.24. The van der Waals surface area contributed by atoms with E-state index in [0.717, 1.165) is 16.6 Å². The van der Waals surface area contributed by atoms with Crippen LogP contribution in [0.1, 0.15) is 16.5 Å². The third kappa shape index (κ3) is 0.921. The first-order valence-corrected chi connectivity index (χ1v) is 5.55. The predicted octanol–water partition coefficient (Wildman–Crippen LogP) is 2.02. The molecular weight excluding hydrogens is 216 g/mol. The van der Waals surface area contributed by atoms with Crippen molar-refractivity contribution in [3.8, 4) is 0 Å². The topological polar surface area (TPSA) is 50.0 Å². The van der Waals surface area contributed by atoms with Crippen molar-refractivity contribution in [2.75, 3.05) is 7.05 Å². The second-order valence-electron chi connectivity index (χ2n) is 4.47. The SMILES string of the molecule is CN1N=NC2C(=O)n3c(cc4ccccc43)C21. The highest BCUT2D eigenvalue weighted by Gasteiger charge is 2.46. The molecule has 0 radical (unpaired) electrons. The molecule has 84 valence electrons. The summed E-state index contributed by atoms with van der Waals surface area (Å²) in [6.07, 6.45) is 0. The molecule has 4 rings (SSSR count). The van der Waals surface area contributed by atoms with E-state index in [0.29, 0.717) is 0 Å². The van der Waals surface area contributed by atoms with Crippen LogP contribution in [0.3, 0.4) is 0 Å². The monoisotopic (exact) mass is 226 g/mol. The molecule has 3 heterocycles. The highest BCUT2D eigenvalue weighted by atomic mass is 16.2. The van der Waals surface area contributed by atoms with Gasteiger partial charge in [0.15, 0.2) is 6.04 Å². The highest BCUT2D eigenvalue weighted by Crippen LogP contribution is 2.40. The van der Waals surface area contributed by atoms with Crippen molar-refractivity contribution in [2.24, 2.45) is 10.3 Å². The van der Waals surface area contributed by atoms with Gasteiger partial charge in [-0.2, -0.15) is 5.11 Å². The average Bonchev–Trinajstić information content (AvgIpc) is 2.94. The molecule has 0 fully saturated rings. The third-order valence-corrected chi connectivity index (χ3v) is 3.53. The van der Waals surface area contributed by atoms with Gasteiger partial charge in [0.05, 0.1) is 11.2 Å². The van der Waals surface area contributed by atoms with Crippen molar-refractivity contribution < 1.29 is 4.79 Å². The van der Waals surface area contributed by atoms with E-state index in [1.807, 2.05) is 31.3 Å². The van der Waals surface area contributed by atoms with Gasteiger partial charge in [-0.15, -0.1) is 0 Å². The fraction of sp³-hybridized carbons (Fsp3) is 0.250. The van der Waals surface area contributed by atoms with Gasteiger partial charge < -0.3 is 0 Å². The maximum atomic E-state index is 12.3. The number of carbonyl (C=O) groups is 1. The number of hydrogen-bond donors (Lipinski definition) is 0. The van der Waals surface area contributed by atoms with E-state index in [2.05, 4.69) is 16.4 Å². The molecule has 0 saturated carbocycles. The minimum atomic E-state index is -0.361. The lowest BCUT2D eigenvalue weighted by molar-refractivity contribution is 0.0898. The van der Waals surface area contributed by atoms with Gasteiger partial charge in [-0.3, -0.25) is 14.4 Å². The summed E-state index contributed by atoms with van der Waals surface area (Å²) in [5.74, 6) is 0.0271. The Morgan fingerprint density at radius 1 is 1.29 bits per heavy atom. The Kier molecular flexibility index (Phi) is 1.44. The van der Waals surface area contributed by atoms with Crippen molar-refractivity contribution in [1.29, 1.82) is 0 Å². The molecule has 0 aliphatic carbocycles. The van der Waals surface area contributed by atoms with Crippen LogP contribution in [0, 0.1) is 0 Å². The van der Waals surface area contributed by atoms with Crippen LogP contribution in [-0.2, 0) is 0 Å². The van der Waals surface area contributed by atoms with Crippen molar-refractivity contribution >= 4 is 16.8 Å². The summed E-state index contributed by atoms with van der Waals surface area (Å²) in [5.41, 5.74) is 1.96. The van der Waals surface area contributed by atoms with Crippen molar-refractivity contribution in [1.82, 2.24) is 9.58 Å². The van der Waals surface area contributed by atoms with E-state index in [-0.39, 0.29) is 18.0 Å². The first-order chi connectivity index (χ1) is 8.27. The molecule has 2 aliphatic heterocycles. The summed E-state index contributed by atoms with van der Waals surface area (Å²) >= 11 is 0. The smallest absolute Gasteiger partial charge is 0.260 e. The Bertz CT molecular complexity index is 672. The molecule has 5 nitrogen and oxygen atoms in total. The molecular formula is C12H10N4O. The predicted molar refractivity (Wildman–Crippen MR) is 61.7 cm³/mol. The molecule has 2 atom stereocenters. The Morgan fingerprint density at radius 2 is 2.12 bits per heavy atom. The molecule has 0 spiro atoms. The standard InChI is InChI=1S/C12H10N4O/c1-15-11-9-6-7-4-2-3-5-8(7)16(9)12(17)10(11)13-14-15/h2-6,10-11H,1H3. The summed E-state index contributed by atoms with van der Waals surface area (Å²) < 4.78 is 1.78. The van der Waals surface area contributed by atoms with Crippen LogP contribution in [0.4, 0.5) is 0 Å². The molecule has 0 N–H and O–H groups in total. The Hall–Kier alpha value is -2.17. The van der Waals surface area contributed by atoms with E-state index in [4.69, 9.17) is 0 Å². The molecule has 0 saturated heterocycles. The molecule has 5 heteroatoms. The number of likely N-dealkylation sites (N-methyl/N-ethyl adjacent to an activating group) is 1. The summed E-state index contributed by atoms with van der Waals surface area (Å²) in [7, 11) is 1.86. The number of benzene rings is 1. The van der Waals surface area contributed by atoms with Gasteiger partial charge in [0.2, 0.25) is 0 Å². The summed E-state index contributed by atoms with van der Waals surface area (Å²) in [6.45, 7) is 0. The van der Waals surface area contributed by atoms with Crippen molar-refractivity contribution in [2.45, 2.75) is 12.1 Å². The first kappa shape index (κ1) is 8.92. The van der Waals surface area contributed by atoms with Crippen molar-refractivity contribution in [3.05, 3.63) is 36.0 Å². The lowest BCUT2D eigenvalue weighted by Crippen LogP contribution is -2.23. The van der Waals surface area contributed by atoms with Crippen LogP contribution in [0.15, 0.2) is 40.7 Å². The molecule has 0 bridgehead atoms. The molecule has 1 aromatic carbocycles. The Labute approximate surface area is 97.3 Å². The first-order valence-electron chi connectivity index (χ1n) is 5.55. The zero-order valence-corrected chi connectivity index (χ0v) is 9.24. The number of aromatic nitrogens is 1. The Morgan fingerprint density at radius 3 is 3.00 bits per heavy atom. The third-order valence-electron chi connectivity index (χ3n) is 3.53. The van der Waals surface area contributed by atoms with Gasteiger partial charge >= 0.3 is 0 Å². The second kappa shape index (κ2) is 2.74. The summed E-state index contributed by atoms with van der Waals surface area (Å²) in [4.78, 5) is 12.3. The number of hydrogen-bond acceptors (Lipinski definition) is 4. The molecule has 17 heavy (non-hydrogen) atoms. The van der Waals surface area contributed by atoms with Gasteiger partial charge in [-0.05, 0) is 12.1 Å². The van der Waals surface area contributed by atoms with Crippen LogP contribution < -0.4 is 0 Å². The van der Waals surface area contributed by atoms with Gasteiger partial charge in [-0.1, -0.05) is 23.4 Å². The summed E-state index contributed by atoms with van der Waals surface area (Å²) in [6, 6.07) is 9.58. The van der Waals surface area contributed by atoms with Gasteiger partial charge in [0, 0.05) is 12.4 Å². The van der Waals surface area contributed by atoms with E-state index in [1.54, 1.807) is 9.58 Å². The minimum Gasteiger partial charge on any atom is -0.280 e. The van der Waals surface area contributed by atoms with Crippen LogP contribution in [-0.4, -0.2) is 28.6 Å². The maximum absolute atomic E-state index is 12.3. The van der Waals surface area contributed by atoms with E-state index < -0.39 is 0 Å². The fourth-order valence-electron chi connectivity index (χ4n) is 2.77. The van der Waals surface area contributed by atoms with Crippen LogP contribution >= 0.6 is 0 Å². The zero-order chi connectivity index (χ0) is 11.6. The molecule has 2 aliphatic rings. The maximum Gasteiger partial charge on any atom is 0.260 e. The van der Waals surface area contributed by atoms with Crippen LogP contribution in [0.2, 0.25) is 0 Å². The van der Waals surface area contributed by atoms with E-state index >= 15 is 0 Å². The number of nitrogens with zero attached hydrogens (tertiary/aromatic N) is 4. The van der Waals surface area contributed by atoms with Crippen LogP contribution in [0.25, 0.3) is 10.9 Å². The Balaban J connectivity index is 2.05. The number of para-hydroxylation sites is 1. The quantitative estimate of drug-likeness (QED) is 0.690. The normalized spacial score (nSPS) is 25.7. The lowest BCUT2D eigenvalue weighted by Gasteiger charge is -2.13. The molecule has 2 unspecified atom stereocenters. The van der Waals surface area contributed by atoms with Gasteiger partial charge in [0.1, 0.15) is 6.04 Å². The largest absolute Gasteiger partial charge is 0.280 e. The number of rotatable bonds is 0. The number of carbonyl (C=O) groups excluding carboxylic acids is 1. The van der Waals surface area contributed by atoms with E-state index in [1.165, 1.54) is 0 Å². The van der Waals surface area contributed by atoms with Gasteiger partial charge in [0.25, 0.3) is 5.91 Å². The number of fused-ring (bicyclic) bond motifs is 5. The second-order valence-corrected chi connectivity index (χ2v) is 4.47. The molecule has 1 aromatic heterocycles. The molecule has 0 amide bonds. The highest BCUT2D eigenvalue weighted by molar-refractivity contribution is 5.99. The lowest BCUT2D eigenvalue weighted by atomic mass is 10.1. The van der Waals surface area contributed by atoms with Crippen molar-refractivity contribution in [3.63, 3.8) is 0 Å².